The van der Waals surface area contributed by atoms with E-state index in [1.165, 1.54) is 17.3 Å². The highest BCUT2D eigenvalue weighted by molar-refractivity contribution is 7.92. The minimum atomic E-state index is -3.67. The molecule has 2 N–H and O–H groups in total. The highest BCUT2D eigenvalue weighted by Gasteiger charge is 2.31. The SMILES string of the molecule is CCN1C(CCCc2cccc(-c3ccc(NS(=O)(=O)c4ccccc4)cn3)c2)=NN(Cc2ccc(C(C)(C)C)cc2)C1O. The Bertz CT molecular complexity index is 1680. The number of benzene rings is 3. The fourth-order valence-corrected chi connectivity index (χ4v) is 6.35. The van der Waals surface area contributed by atoms with Crippen LogP contribution in [-0.4, -0.2) is 47.1 Å². The zero-order chi connectivity index (χ0) is 31.3. The molecule has 1 aliphatic rings. The zero-order valence-electron chi connectivity index (χ0n) is 25.8. The molecule has 44 heavy (non-hydrogen) atoms. The predicted octanol–water partition coefficient (Wildman–Crippen LogP) is 6.60. The maximum atomic E-state index is 12.6. The number of hydrogen-bond donors (Lipinski definition) is 2. The number of nitrogens with zero attached hydrogens (tertiary/aromatic N) is 4. The lowest BCUT2D eigenvalue weighted by Gasteiger charge is -2.26. The van der Waals surface area contributed by atoms with Crippen molar-refractivity contribution in [3.63, 3.8) is 0 Å². The van der Waals surface area contributed by atoms with Gasteiger partial charge in [0.05, 0.1) is 29.0 Å². The van der Waals surface area contributed by atoms with Gasteiger partial charge in [0.15, 0.2) is 0 Å². The van der Waals surface area contributed by atoms with Gasteiger partial charge in [0.1, 0.15) is 5.84 Å². The van der Waals surface area contributed by atoms with Crippen LogP contribution in [0.25, 0.3) is 11.3 Å². The number of aromatic nitrogens is 1. The van der Waals surface area contributed by atoms with Crippen molar-refractivity contribution in [3.05, 3.63) is 114 Å². The Labute approximate surface area is 261 Å². The molecule has 0 aliphatic carbocycles. The van der Waals surface area contributed by atoms with Crippen LogP contribution in [0.3, 0.4) is 0 Å². The summed E-state index contributed by atoms with van der Waals surface area (Å²) in [5, 5.41) is 17.5. The number of hydrogen-bond acceptors (Lipinski definition) is 7. The fraction of sp³-hybridized carbons (Fsp3) is 0.314. The first-order chi connectivity index (χ1) is 21.0. The number of anilines is 1. The Kier molecular flexibility index (Phi) is 9.36. The third-order valence-electron chi connectivity index (χ3n) is 7.78. The van der Waals surface area contributed by atoms with Gasteiger partial charge in [0.25, 0.3) is 10.0 Å². The highest BCUT2D eigenvalue weighted by Crippen LogP contribution is 2.26. The number of sulfonamides is 1. The van der Waals surface area contributed by atoms with Gasteiger partial charge in [-0.05, 0) is 72.2 Å². The molecule has 9 heteroatoms. The molecular weight excluding hydrogens is 570 g/mol. The molecule has 5 rings (SSSR count). The summed E-state index contributed by atoms with van der Waals surface area (Å²) in [6.07, 6.45) is 3.25. The summed E-state index contributed by atoms with van der Waals surface area (Å²) >= 11 is 0. The van der Waals surface area contributed by atoms with E-state index in [1.54, 1.807) is 41.4 Å². The predicted molar refractivity (Wildman–Crippen MR) is 176 cm³/mol. The molecule has 0 bridgehead atoms. The van der Waals surface area contributed by atoms with Crippen molar-refractivity contribution in [1.82, 2.24) is 14.9 Å². The molecule has 0 radical (unpaired) electrons. The minimum Gasteiger partial charge on any atom is -0.355 e. The lowest BCUT2D eigenvalue weighted by Crippen LogP contribution is -2.41. The molecular formula is C35H41N5O3S. The summed E-state index contributed by atoms with van der Waals surface area (Å²) in [6.45, 7) is 9.87. The van der Waals surface area contributed by atoms with Crippen molar-refractivity contribution in [2.75, 3.05) is 11.3 Å². The monoisotopic (exact) mass is 611 g/mol. The molecule has 0 amide bonds. The molecule has 3 aromatic carbocycles. The summed E-state index contributed by atoms with van der Waals surface area (Å²) in [4.78, 5) is 6.67. The van der Waals surface area contributed by atoms with Crippen LogP contribution in [0.2, 0.25) is 0 Å². The van der Waals surface area contributed by atoms with Crippen molar-refractivity contribution < 1.29 is 13.5 Å². The molecule has 1 aliphatic heterocycles. The third kappa shape index (κ3) is 7.46. The molecule has 2 heterocycles. The Morgan fingerprint density at radius 3 is 2.30 bits per heavy atom. The van der Waals surface area contributed by atoms with Gasteiger partial charge in [-0.15, -0.1) is 0 Å². The van der Waals surface area contributed by atoms with E-state index in [2.05, 4.69) is 66.9 Å². The Morgan fingerprint density at radius 2 is 1.64 bits per heavy atom. The molecule has 8 nitrogen and oxygen atoms in total. The Balaban J connectivity index is 1.19. The summed E-state index contributed by atoms with van der Waals surface area (Å²) in [5.74, 6) is 0.901. The number of amidine groups is 1. The number of aliphatic hydroxyl groups excluding tert-OH is 1. The second-order valence-corrected chi connectivity index (χ2v) is 13.8. The van der Waals surface area contributed by atoms with Crippen LogP contribution in [0.4, 0.5) is 5.69 Å². The third-order valence-corrected chi connectivity index (χ3v) is 9.18. The normalized spacial score (nSPS) is 15.4. The van der Waals surface area contributed by atoms with Crippen LogP contribution in [0.1, 0.15) is 57.2 Å². The average Bonchev–Trinajstić information content (AvgIpc) is 3.31. The van der Waals surface area contributed by atoms with Gasteiger partial charge in [-0.25, -0.2) is 13.4 Å². The molecule has 1 atom stereocenters. The Morgan fingerprint density at radius 1 is 0.886 bits per heavy atom. The number of pyridine rings is 1. The molecule has 0 saturated carbocycles. The van der Waals surface area contributed by atoms with Crippen molar-refractivity contribution in [2.24, 2.45) is 5.10 Å². The quantitative estimate of drug-likeness (QED) is 0.198. The van der Waals surface area contributed by atoms with E-state index in [4.69, 9.17) is 5.10 Å². The fourth-order valence-electron chi connectivity index (χ4n) is 5.28. The van der Waals surface area contributed by atoms with Gasteiger partial charge in [-0.1, -0.05) is 81.4 Å². The molecule has 0 saturated heterocycles. The molecule has 0 spiro atoms. The first-order valence-corrected chi connectivity index (χ1v) is 16.5. The molecule has 4 aromatic rings. The average molecular weight is 612 g/mol. The van der Waals surface area contributed by atoms with E-state index >= 15 is 0 Å². The number of aliphatic hydroxyl groups is 1. The second-order valence-electron chi connectivity index (χ2n) is 12.1. The summed E-state index contributed by atoms with van der Waals surface area (Å²) in [6, 6.07) is 28.6. The van der Waals surface area contributed by atoms with Gasteiger partial charge in [0.2, 0.25) is 6.35 Å². The van der Waals surface area contributed by atoms with Crippen LogP contribution in [0, 0.1) is 0 Å². The number of nitrogens with one attached hydrogen (secondary N) is 1. The zero-order valence-corrected chi connectivity index (χ0v) is 26.6. The topological polar surface area (TPSA) is 98.1 Å². The van der Waals surface area contributed by atoms with Gasteiger partial charge in [-0.3, -0.25) is 9.71 Å². The largest absolute Gasteiger partial charge is 0.355 e. The second kappa shape index (κ2) is 13.2. The van der Waals surface area contributed by atoms with E-state index in [-0.39, 0.29) is 10.3 Å². The van der Waals surface area contributed by atoms with E-state index in [1.807, 2.05) is 30.0 Å². The van der Waals surface area contributed by atoms with Crippen molar-refractivity contribution >= 4 is 21.5 Å². The van der Waals surface area contributed by atoms with Crippen molar-refractivity contribution in [2.45, 2.75) is 70.2 Å². The lowest BCUT2D eigenvalue weighted by molar-refractivity contribution is -0.0617. The standard InChI is InChI=1S/C35H41N5O3S/c1-5-39-33(37-40(34(39)41)25-27-17-19-29(20-18-27)35(2,3)4)16-10-12-26-11-9-13-28(23-26)32-22-21-30(24-36-32)38-44(42,43)31-14-7-6-8-15-31/h6-9,11,13-15,17-24,34,38,41H,5,10,12,16,25H2,1-4H3. The Hall–Kier alpha value is -4.21. The maximum Gasteiger partial charge on any atom is 0.261 e. The maximum absolute atomic E-state index is 12.6. The highest BCUT2D eigenvalue weighted by atomic mass is 32.2. The van der Waals surface area contributed by atoms with E-state index in [0.717, 1.165) is 41.9 Å². The van der Waals surface area contributed by atoms with E-state index in [0.29, 0.717) is 18.8 Å². The van der Waals surface area contributed by atoms with Crippen LogP contribution in [0.5, 0.6) is 0 Å². The summed E-state index contributed by atoms with van der Waals surface area (Å²) < 4.78 is 27.8. The number of hydrazone groups is 1. The molecule has 1 aromatic heterocycles. The van der Waals surface area contributed by atoms with Gasteiger partial charge in [-0.2, -0.15) is 5.10 Å². The van der Waals surface area contributed by atoms with Crippen molar-refractivity contribution in [3.8, 4) is 11.3 Å². The summed E-state index contributed by atoms with van der Waals surface area (Å²) in [7, 11) is -3.67. The van der Waals surface area contributed by atoms with Gasteiger partial charge < -0.3 is 10.0 Å². The minimum absolute atomic E-state index is 0.0994. The number of rotatable bonds is 11. The van der Waals surface area contributed by atoms with Gasteiger partial charge >= 0.3 is 0 Å². The van der Waals surface area contributed by atoms with Crippen molar-refractivity contribution in [1.29, 1.82) is 0 Å². The van der Waals surface area contributed by atoms with E-state index in [9.17, 15) is 13.5 Å². The van der Waals surface area contributed by atoms with Crippen LogP contribution in [-0.2, 0) is 28.4 Å². The first-order valence-electron chi connectivity index (χ1n) is 15.0. The van der Waals surface area contributed by atoms with E-state index < -0.39 is 16.4 Å². The van der Waals surface area contributed by atoms with Gasteiger partial charge in [0, 0.05) is 18.5 Å². The number of aryl methyl sites for hydroxylation is 1. The van der Waals surface area contributed by atoms with Crippen LogP contribution < -0.4 is 4.72 Å². The van der Waals surface area contributed by atoms with Crippen LogP contribution in [0.15, 0.2) is 107 Å². The van der Waals surface area contributed by atoms with Crippen LogP contribution >= 0.6 is 0 Å². The first kappa shape index (κ1) is 31.2. The summed E-state index contributed by atoms with van der Waals surface area (Å²) in [5.41, 5.74) is 5.81. The molecule has 0 fully saturated rings. The smallest absolute Gasteiger partial charge is 0.261 e. The molecule has 1 unspecified atom stereocenters. The molecule has 230 valence electrons. The lowest BCUT2D eigenvalue weighted by atomic mass is 9.87.